The first-order chi connectivity index (χ1) is 9.27. The fourth-order valence-corrected chi connectivity index (χ4v) is 3.53. The van der Waals surface area contributed by atoms with Crippen molar-refractivity contribution in [1.29, 1.82) is 0 Å². The van der Waals surface area contributed by atoms with Crippen molar-refractivity contribution < 1.29 is 13.2 Å². The Bertz CT molecular complexity index is 639. The predicted octanol–water partition coefficient (Wildman–Crippen LogP) is 3.19. The summed E-state index contributed by atoms with van der Waals surface area (Å²) in [6.45, 7) is 2.70. The molecule has 0 bridgehead atoms. The van der Waals surface area contributed by atoms with Crippen molar-refractivity contribution in [1.82, 2.24) is 5.32 Å². The Balaban J connectivity index is 2.15. The number of carbonyl (C=O) groups excluding carboxylic acids is 1. The SMILES string of the molecule is CCC1(CNC(=O)c2ccc(Cl)c(S(=O)(=O)Cl)c2)CC1. The number of nitrogens with one attached hydrogen (secondary N) is 1. The van der Waals surface area contributed by atoms with Gasteiger partial charge in [0.1, 0.15) is 4.90 Å². The van der Waals surface area contributed by atoms with Crippen molar-refractivity contribution in [2.45, 2.75) is 31.1 Å². The molecule has 0 saturated heterocycles. The molecule has 7 heteroatoms. The van der Waals surface area contributed by atoms with Crippen LogP contribution in [-0.2, 0) is 9.05 Å². The average Bonchev–Trinajstić information content (AvgIpc) is 3.16. The number of halogens is 2. The number of amides is 1. The second kappa shape index (κ2) is 5.54. The maximum absolute atomic E-state index is 12.0. The van der Waals surface area contributed by atoms with Crippen LogP contribution in [0.5, 0.6) is 0 Å². The highest BCUT2D eigenvalue weighted by molar-refractivity contribution is 8.13. The zero-order valence-corrected chi connectivity index (χ0v) is 13.3. The van der Waals surface area contributed by atoms with Gasteiger partial charge in [-0.3, -0.25) is 4.79 Å². The summed E-state index contributed by atoms with van der Waals surface area (Å²) in [5.74, 6) is -0.317. The quantitative estimate of drug-likeness (QED) is 0.840. The summed E-state index contributed by atoms with van der Waals surface area (Å²) >= 11 is 5.77. The van der Waals surface area contributed by atoms with Gasteiger partial charge in [0, 0.05) is 22.8 Å². The van der Waals surface area contributed by atoms with Crippen LogP contribution in [0.2, 0.25) is 5.02 Å². The second-order valence-electron chi connectivity index (χ2n) is 5.12. The summed E-state index contributed by atoms with van der Waals surface area (Å²) in [5.41, 5.74) is 0.462. The molecule has 0 unspecified atom stereocenters. The molecule has 1 aliphatic rings. The Hall–Kier alpha value is -0.780. The van der Waals surface area contributed by atoms with Gasteiger partial charge in [-0.1, -0.05) is 18.5 Å². The Morgan fingerprint density at radius 2 is 2.05 bits per heavy atom. The van der Waals surface area contributed by atoms with Gasteiger partial charge in [0.05, 0.1) is 5.02 Å². The third kappa shape index (κ3) is 3.45. The number of benzene rings is 1. The minimum absolute atomic E-state index is 0.00349. The van der Waals surface area contributed by atoms with E-state index in [1.54, 1.807) is 0 Å². The Morgan fingerprint density at radius 3 is 2.55 bits per heavy atom. The van der Waals surface area contributed by atoms with Crippen molar-refractivity contribution in [3.63, 3.8) is 0 Å². The van der Waals surface area contributed by atoms with E-state index in [0.29, 0.717) is 6.54 Å². The maximum atomic E-state index is 12.0. The monoisotopic (exact) mass is 335 g/mol. The zero-order valence-electron chi connectivity index (χ0n) is 10.9. The molecule has 110 valence electrons. The molecule has 1 N–H and O–H groups in total. The van der Waals surface area contributed by atoms with Crippen LogP contribution >= 0.6 is 22.3 Å². The number of hydrogen-bond donors (Lipinski definition) is 1. The van der Waals surface area contributed by atoms with Gasteiger partial charge in [-0.2, -0.15) is 0 Å². The van der Waals surface area contributed by atoms with Crippen molar-refractivity contribution in [2.75, 3.05) is 6.54 Å². The first-order valence-electron chi connectivity index (χ1n) is 6.30. The first-order valence-corrected chi connectivity index (χ1v) is 8.99. The molecule has 1 aliphatic carbocycles. The lowest BCUT2D eigenvalue weighted by atomic mass is 10.0. The Morgan fingerprint density at radius 1 is 1.40 bits per heavy atom. The normalized spacial score (nSPS) is 16.8. The maximum Gasteiger partial charge on any atom is 0.262 e. The molecule has 0 aliphatic heterocycles. The fourth-order valence-electron chi connectivity index (χ4n) is 2.03. The van der Waals surface area contributed by atoms with Crippen molar-refractivity contribution >= 4 is 37.2 Å². The summed E-state index contributed by atoms with van der Waals surface area (Å²) in [6, 6.07) is 4.04. The van der Waals surface area contributed by atoms with Crippen LogP contribution in [0.4, 0.5) is 0 Å². The van der Waals surface area contributed by atoms with Gasteiger partial charge in [-0.15, -0.1) is 0 Å². The molecule has 20 heavy (non-hydrogen) atoms. The molecule has 0 heterocycles. The van der Waals surface area contributed by atoms with Crippen molar-refractivity contribution in [3.05, 3.63) is 28.8 Å². The number of hydrogen-bond acceptors (Lipinski definition) is 3. The lowest BCUT2D eigenvalue weighted by Gasteiger charge is -2.13. The van der Waals surface area contributed by atoms with Gasteiger partial charge in [0.25, 0.3) is 15.0 Å². The van der Waals surface area contributed by atoms with E-state index in [-0.39, 0.29) is 26.8 Å². The van der Waals surface area contributed by atoms with E-state index >= 15 is 0 Å². The van der Waals surface area contributed by atoms with E-state index in [1.807, 2.05) is 0 Å². The molecule has 1 fully saturated rings. The van der Waals surface area contributed by atoms with Gasteiger partial charge >= 0.3 is 0 Å². The largest absolute Gasteiger partial charge is 0.351 e. The van der Waals surface area contributed by atoms with Gasteiger partial charge in [0.2, 0.25) is 0 Å². The third-order valence-corrected chi connectivity index (χ3v) is 5.59. The van der Waals surface area contributed by atoms with Crippen LogP contribution in [0, 0.1) is 5.41 Å². The number of rotatable bonds is 5. The van der Waals surface area contributed by atoms with Gasteiger partial charge in [-0.05, 0) is 42.9 Å². The average molecular weight is 336 g/mol. The molecule has 2 rings (SSSR count). The van der Waals surface area contributed by atoms with E-state index in [9.17, 15) is 13.2 Å². The highest BCUT2D eigenvalue weighted by Crippen LogP contribution is 2.47. The highest BCUT2D eigenvalue weighted by Gasteiger charge is 2.40. The molecule has 1 saturated carbocycles. The van der Waals surface area contributed by atoms with E-state index in [0.717, 1.165) is 19.3 Å². The van der Waals surface area contributed by atoms with Gasteiger partial charge in [-0.25, -0.2) is 8.42 Å². The molecule has 0 aromatic heterocycles. The molecule has 0 radical (unpaired) electrons. The van der Waals surface area contributed by atoms with Crippen molar-refractivity contribution in [3.8, 4) is 0 Å². The Labute approximate surface area is 127 Å². The first kappa shape index (κ1) is 15.6. The summed E-state index contributed by atoms with van der Waals surface area (Å²) in [4.78, 5) is 11.8. The molecular formula is C13H15Cl2NO3S. The summed E-state index contributed by atoms with van der Waals surface area (Å²) in [5, 5.41) is 2.83. The molecular weight excluding hydrogens is 321 g/mol. The smallest absolute Gasteiger partial charge is 0.262 e. The second-order valence-corrected chi connectivity index (χ2v) is 8.06. The topological polar surface area (TPSA) is 63.2 Å². The van der Waals surface area contributed by atoms with Crippen LogP contribution in [0.1, 0.15) is 36.5 Å². The summed E-state index contributed by atoms with van der Waals surface area (Å²) < 4.78 is 22.7. The highest BCUT2D eigenvalue weighted by atomic mass is 35.7. The predicted molar refractivity (Wildman–Crippen MR) is 78.8 cm³/mol. The van der Waals surface area contributed by atoms with E-state index in [2.05, 4.69) is 12.2 Å². The lowest BCUT2D eigenvalue weighted by molar-refractivity contribution is 0.0944. The number of carbonyl (C=O) groups is 1. The van der Waals surface area contributed by atoms with E-state index < -0.39 is 9.05 Å². The molecule has 0 spiro atoms. The minimum atomic E-state index is -3.96. The van der Waals surface area contributed by atoms with Gasteiger partial charge < -0.3 is 5.32 Å². The Kier molecular flexibility index (Phi) is 4.33. The van der Waals surface area contributed by atoms with Crippen LogP contribution in [0.3, 0.4) is 0 Å². The molecule has 0 atom stereocenters. The fraction of sp³-hybridized carbons (Fsp3) is 0.462. The van der Waals surface area contributed by atoms with E-state index in [4.69, 9.17) is 22.3 Å². The molecule has 1 amide bonds. The molecule has 4 nitrogen and oxygen atoms in total. The minimum Gasteiger partial charge on any atom is -0.351 e. The van der Waals surface area contributed by atoms with Crippen LogP contribution in [-0.4, -0.2) is 20.9 Å². The standard InChI is InChI=1S/C13H15Cl2NO3S/c1-2-13(5-6-13)8-16-12(17)9-3-4-10(14)11(7-9)20(15,18)19/h3-4,7H,2,5-6,8H2,1H3,(H,16,17). The zero-order chi connectivity index (χ0) is 15.0. The van der Waals surface area contributed by atoms with Gasteiger partial charge in [0.15, 0.2) is 0 Å². The van der Waals surface area contributed by atoms with Crippen molar-refractivity contribution in [2.24, 2.45) is 5.41 Å². The molecule has 1 aromatic rings. The molecule has 1 aromatic carbocycles. The van der Waals surface area contributed by atoms with Crippen LogP contribution in [0.25, 0.3) is 0 Å². The summed E-state index contributed by atoms with van der Waals surface area (Å²) in [6.07, 6.45) is 3.26. The van der Waals surface area contributed by atoms with Crippen LogP contribution < -0.4 is 5.32 Å². The summed E-state index contributed by atoms with van der Waals surface area (Å²) in [7, 11) is 1.31. The van der Waals surface area contributed by atoms with Crippen LogP contribution in [0.15, 0.2) is 23.1 Å². The third-order valence-electron chi connectivity index (χ3n) is 3.79. The lowest BCUT2D eigenvalue weighted by Crippen LogP contribution is -2.30. The van der Waals surface area contributed by atoms with E-state index in [1.165, 1.54) is 18.2 Å².